The molecule has 1 aromatic carbocycles. The molecule has 2 aliphatic rings. The highest BCUT2D eigenvalue weighted by Crippen LogP contribution is 2.12. The van der Waals surface area contributed by atoms with E-state index in [1.807, 2.05) is 0 Å². The summed E-state index contributed by atoms with van der Waals surface area (Å²) in [7, 11) is 0. The van der Waals surface area contributed by atoms with Crippen molar-refractivity contribution in [2.75, 3.05) is 52.5 Å². The summed E-state index contributed by atoms with van der Waals surface area (Å²) in [5.74, 6) is 0. The molecule has 1 aromatic rings. The molecule has 0 amide bonds. The van der Waals surface area contributed by atoms with Gasteiger partial charge in [-0.1, -0.05) is 30.3 Å². The van der Waals surface area contributed by atoms with E-state index in [0.29, 0.717) is 6.10 Å². The van der Waals surface area contributed by atoms with Gasteiger partial charge in [0.05, 0.1) is 25.9 Å². The number of rotatable bonds is 4. The standard InChI is InChI=1S/C16H24N2O2/c1-2-4-15(5-3-1)12-18-8-11-20-16(14-18)13-17-6-9-19-10-7-17/h1-5,16H,6-14H2. The minimum absolute atomic E-state index is 0.338. The fraction of sp³-hybridized carbons (Fsp3) is 0.625. The molecule has 0 aliphatic carbocycles. The highest BCUT2D eigenvalue weighted by Gasteiger charge is 2.23. The fourth-order valence-electron chi connectivity index (χ4n) is 2.95. The number of ether oxygens (including phenoxy) is 2. The van der Waals surface area contributed by atoms with Crippen LogP contribution in [0.5, 0.6) is 0 Å². The zero-order valence-electron chi connectivity index (χ0n) is 12.0. The lowest BCUT2D eigenvalue weighted by atomic mass is 10.2. The zero-order valence-corrected chi connectivity index (χ0v) is 12.0. The first kappa shape index (κ1) is 14.0. The lowest BCUT2D eigenvalue weighted by Gasteiger charge is -2.36. The van der Waals surface area contributed by atoms with Crippen LogP contribution in [0.25, 0.3) is 0 Å². The quantitative estimate of drug-likeness (QED) is 0.825. The third kappa shape index (κ3) is 4.03. The second-order valence-electron chi connectivity index (χ2n) is 5.63. The van der Waals surface area contributed by atoms with Gasteiger partial charge >= 0.3 is 0 Å². The Morgan fingerprint density at radius 1 is 0.950 bits per heavy atom. The molecular weight excluding hydrogens is 252 g/mol. The molecule has 3 rings (SSSR count). The Labute approximate surface area is 121 Å². The normalized spacial score (nSPS) is 25.7. The lowest BCUT2D eigenvalue weighted by molar-refractivity contribution is -0.0589. The molecule has 2 saturated heterocycles. The Kier molecular flexibility index (Phi) is 5.03. The smallest absolute Gasteiger partial charge is 0.0829 e. The van der Waals surface area contributed by atoms with Crippen molar-refractivity contribution in [3.05, 3.63) is 35.9 Å². The summed E-state index contributed by atoms with van der Waals surface area (Å²) in [4.78, 5) is 4.96. The second-order valence-corrected chi connectivity index (χ2v) is 5.63. The van der Waals surface area contributed by atoms with Crippen LogP contribution in [0.15, 0.2) is 30.3 Å². The van der Waals surface area contributed by atoms with Crippen molar-refractivity contribution in [3.8, 4) is 0 Å². The Morgan fingerprint density at radius 3 is 2.50 bits per heavy atom. The van der Waals surface area contributed by atoms with E-state index in [1.54, 1.807) is 0 Å². The molecule has 2 fully saturated rings. The molecule has 0 N–H and O–H groups in total. The number of hydrogen-bond acceptors (Lipinski definition) is 4. The van der Waals surface area contributed by atoms with E-state index in [2.05, 4.69) is 40.1 Å². The maximum Gasteiger partial charge on any atom is 0.0829 e. The molecule has 0 saturated carbocycles. The van der Waals surface area contributed by atoms with Crippen LogP contribution in [0, 0.1) is 0 Å². The maximum atomic E-state index is 5.92. The fourth-order valence-corrected chi connectivity index (χ4v) is 2.95. The van der Waals surface area contributed by atoms with Gasteiger partial charge in [-0.05, 0) is 5.56 Å². The first-order chi connectivity index (χ1) is 9.90. The summed E-state index contributed by atoms with van der Waals surface area (Å²) in [6.07, 6.45) is 0.338. The van der Waals surface area contributed by atoms with Gasteiger partial charge in [0, 0.05) is 39.3 Å². The van der Waals surface area contributed by atoms with Crippen LogP contribution in [-0.2, 0) is 16.0 Å². The minimum Gasteiger partial charge on any atom is -0.379 e. The van der Waals surface area contributed by atoms with Gasteiger partial charge in [0.2, 0.25) is 0 Å². The Morgan fingerprint density at radius 2 is 1.70 bits per heavy atom. The Hall–Kier alpha value is -0.940. The van der Waals surface area contributed by atoms with Gasteiger partial charge in [0.15, 0.2) is 0 Å². The number of nitrogens with zero attached hydrogens (tertiary/aromatic N) is 2. The monoisotopic (exact) mass is 276 g/mol. The zero-order chi connectivity index (χ0) is 13.6. The van der Waals surface area contributed by atoms with Crippen molar-refractivity contribution in [3.63, 3.8) is 0 Å². The van der Waals surface area contributed by atoms with Crippen molar-refractivity contribution in [2.24, 2.45) is 0 Å². The Bertz CT molecular complexity index is 393. The molecule has 4 heteroatoms. The molecule has 110 valence electrons. The number of hydrogen-bond donors (Lipinski definition) is 0. The van der Waals surface area contributed by atoms with Crippen molar-refractivity contribution < 1.29 is 9.47 Å². The minimum atomic E-state index is 0.338. The average molecular weight is 276 g/mol. The first-order valence-corrected chi connectivity index (χ1v) is 7.58. The predicted molar refractivity (Wildman–Crippen MR) is 78.7 cm³/mol. The van der Waals surface area contributed by atoms with E-state index < -0.39 is 0 Å². The first-order valence-electron chi connectivity index (χ1n) is 7.58. The second kappa shape index (κ2) is 7.18. The summed E-state index contributed by atoms with van der Waals surface area (Å²) in [6, 6.07) is 10.7. The molecule has 2 aliphatic heterocycles. The summed E-state index contributed by atoms with van der Waals surface area (Å²) >= 11 is 0. The third-order valence-corrected chi connectivity index (χ3v) is 4.04. The topological polar surface area (TPSA) is 24.9 Å². The van der Waals surface area contributed by atoms with Gasteiger partial charge < -0.3 is 9.47 Å². The molecular formula is C16H24N2O2. The molecule has 2 heterocycles. The van der Waals surface area contributed by atoms with Crippen LogP contribution >= 0.6 is 0 Å². The van der Waals surface area contributed by atoms with Crippen molar-refractivity contribution in [1.29, 1.82) is 0 Å². The van der Waals surface area contributed by atoms with Crippen LogP contribution in [0.1, 0.15) is 5.56 Å². The van der Waals surface area contributed by atoms with Gasteiger partial charge in [0.25, 0.3) is 0 Å². The van der Waals surface area contributed by atoms with Gasteiger partial charge in [-0.25, -0.2) is 0 Å². The molecule has 1 atom stereocenters. The predicted octanol–water partition coefficient (Wildman–Crippen LogP) is 1.22. The summed E-state index contributed by atoms with van der Waals surface area (Å²) in [5.41, 5.74) is 1.39. The lowest BCUT2D eigenvalue weighted by Crippen LogP contribution is -2.49. The maximum absolute atomic E-state index is 5.92. The van der Waals surface area contributed by atoms with Gasteiger partial charge in [-0.15, -0.1) is 0 Å². The highest BCUT2D eigenvalue weighted by molar-refractivity contribution is 5.14. The number of benzene rings is 1. The molecule has 4 nitrogen and oxygen atoms in total. The summed E-state index contributed by atoms with van der Waals surface area (Å²) in [6.45, 7) is 8.79. The Balaban J connectivity index is 1.48. The van der Waals surface area contributed by atoms with Gasteiger partial charge in [0.1, 0.15) is 0 Å². The van der Waals surface area contributed by atoms with E-state index >= 15 is 0 Å². The highest BCUT2D eigenvalue weighted by atomic mass is 16.5. The van der Waals surface area contributed by atoms with Gasteiger partial charge in [-0.3, -0.25) is 9.80 Å². The third-order valence-electron chi connectivity index (χ3n) is 4.04. The van der Waals surface area contributed by atoms with E-state index in [4.69, 9.17) is 9.47 Å². The van der Waals surface area contributed by atoms with Crippen LogP contribution in [0.3, 0.4) is 0 Å². The van der Waals surface area contributed by atoms with Crippen LogP contribution in [0.2, 0.25) is 0 Å². The molecule has 1 unspecified atom stereocenters. The summed E-state index contributed by atoms with van der Waals surface area (Å²) < 4.78 is 11.3. The van der Waals surface area contributed by atoms with E-state index in [0.717, 1.165) is 59.1 Å². The van der Waals surface area contributed by atoms with Crippen LogP contribution in [-0.4, -0.2) is 68.4 Å². The molecule has 0 bridgehead atoms. The molecule has 0 spiro atoms. The van der Waals surface area contributed by atoms with Crippen LogP contribution in [0.4, 0.5) is 0 Å². The summed E-state index contributed by atoms with van der Waals surface area (Å²) in [5, 5.41) is 0. The SMILES string of the molecule is c1ccc(CN2CCOC(CN3CCOCC3)C2)cc1. The van der Waals surface area contributed by atoms with Crippen molar-refractivity contribution in [2.45, 2.75) is 12.6 Å². The van der Waals surface area contributed by atoms with E-state index in [1.165, 1.54) is 5.56 Å². The van der Waals surface area contributed by atoms with E-state index in [9.17, 15) is 0 Å². The molecule has 0 aromatic heterocycles. The average Bonchev–Trinajstić information content (AvgIpc) is 2.50. The van der Waals surface area contributed by atoms with Gasteiger partial charge in [-0.2, -0.15) is 0 Å². The molecule has 20 heavy (non-hydrogen) atoms. The largest absolute Gasteiger partial charge is 0.379 e. The van der Waals surface area contributed by atoms with E-state index in [-0.39, 0.29) is 0 Å². The van der Waals surface area contributed by atoms with Crippen molar-refractivity contribution in [1.82, 2.24) is 9.80 Å². The molecule has 0 radical (unpaired) electrons. The number of morpholine rings is 2. The van der Waals surface area contributed by atoms with Crippen LogP contribution < -0.4 is 0 Å². The van der Waals surface area contributed by atoms with Crippen molar-refractivity contribution >= 4 is 0 Å².